The van der Waals surface area contributed by atoms with E-state index in [9.17, 15) is 0 Å². The van der Waals surface area contributed by atoms with Crippen LogP contribution in [0, 0.1) is 0 Å². The number of anilines is 2. The van der Waals surface area contributed by atoms with Crippen molar-refractivity contribution in [1.82, 2.24) is 19.6 Å². The van der Waals surface area contributed by atoms with Gasteiger partial charge >= 0.3 is 0 Å². The first kappa shape index (κ1) is 20.5. The smallest absolute Gasteiger partial charge is 0.230 e. The van der Waals surface area contributed by atoms with Gasteiger partial charge in [-0.2, -0.15) is 19.6 Å². The largest absolute Gasteiger partial charge is 0.464 e. The molecular formula is C24H29N7O. The Morgan fingerprint density at radius 1 is 1.12 bits per heavy atom. The Morgan fingerprint density at radius 2 is 1.94 bits per heavy atom. The Bertz CT molecular complexity index is 1190. The van der Waals surface area contributed by atoms with E-state index in [1.54, 1.807) is 6.26 Å². The van der Waals surface area contributed by atoms with Crippen LogP contribution in [0.25, 0.3) is 17.0 Å². The molecule has 1 aliphatic heterocycles. The minimum atomic E-state index is 0.256. The number of piperidine rings is 1. The highest BCUT2D eigenvalue weighted by Crippen LogP contribution is 2.27. The van der Waals surface area contributed by atoms with Crippen molar-refractivity contribution >= 4 is 17.5 Å². The SMILES string of the molecule is CC(C)c1cnn2c(NCc3ccccc3-c3ccco3)nc(N3CCC(N)CC3)nc12. The maximum absolute atomic E-state index is 6.11. The second kappa shape index (κ2) is 8.63. The first-order chi connectivity index (χ1) is 15.6. The topological polar surface area (TPSA) is 97.5 Å². The predicted molar refractivity (Wildman–Crippen MR) is 126 cm³/mol. The number of hydrogen-bond acceptors (Lipinski definition) is 7. The number of aromatic nitrogens is 4. The molecule has 1 fully saturated rings. The minimum Gasteiger partial charge on any atom is -0.464 e. The van der Waals surface area contributed by atoms with Crippen LogP contribution in [0.5, 0.6) is 0 Å². The lowest BCUT2D eigenvalue weighted by Gasteiger charge is -2.30. The molecule has 32 heavy (non-hydrogen) atoms. The fourth-order valence-electron chi connectivity index (χ4n) is 4.17. The molecule has 0 radical (unpaired) electrons. The lowest BCUT2D eigenvalue weighted by Crippen LogP contribution is -2.40. The summed E-state index contributed by atoms with van der Waals surface area (Å²) < 4.78 is 7.44. The number of fused-ring (bicyclic) bond motifs is 1. The van der Waals surface area contributed by atoms with E-state index in [-0.39, 0.29) is 6.04 Å². The van der Waals surface area contributed by atoms with E-state index in [0.29, 0.717) is 18.4 Å². The highest BCUT2D eigenvalue weighted by Gasteiger charge is 2.22. The summed E-state index contributed by atoms with van der Waals surface area (Å²) in [5, 5.41) is 8.10. The summed E-state index contributed by atoms with van der Waals surface area (Å²) in [6.45, 7) is 6.63. The monoisotopic (exact) mass is 431 g/mol. The van der Waals surface area contributed by atoms with Crippen molar-refractivity contribution < 1.29 is 4.42 Å². The number of nitrogens with zero attached hydrogens (tertiary/aromatic N) is 5. The second-order valence-electron chi connectivity index (χ2n) is 8.65. The van der Waals surface area contributed by atoms with Gasteiger partial charge in [0.05, 0.1) is 12.5 Å². The third-order valence-electron chi connectivity index (χ3n) is 6.07. The van der Waals surface area contributed by atoms with Gasteiger partial charge in [-0.3, -0.25) is 0 Å². The number of benzene rings is 1. The van der Waals surface area contributed by atoms with E-state index in [1.165, 1.54) is 0 Å². The summed E-state index contributed by atoms with van der Waals surface area (Å²) in [6.07, 6.45) is 5.49. The molecule has 3 aromatic heterocycles. The molecule has 0 aliphatic carbocycles. The van der Waals surface area contributed by atoms with Crippen molar-refractivity contribution in [1.29, 1.82) is 0 Å². The summed E-state index contributed by atoms with van der Waals surface area (Å²) in [6, 6.07) is 12.4. The van der Waals surface area contributed by atoms with Crippen LogP contribution >= 0.6 is 0 Å². The molecule has 4 heterocycles. The van der Waals surface area contributed by atoms with Crippen molar-refractivity contribution in [2.75, 3.05) is 23.3 Å². The molecule has 0 saturated carbocycles. The van der Waals surface area contributed by atoms with E-state index in [0.717, 1.165) is 60.0 Å². The number of nitrogens with two attached hydrogens (primary N) is 1. The summed E-state index contributed by atoms with van der Waals surface area (Å²) in [4.78, 5) is 12.0. The maximum Gasteiger partial charge on any atom is 0.230 e. The van der Waals surface area contributed by atoms with Gasteiger partial charge in [-0.05, 0) is 36.5 Å². The molecule has 8 heteroatoms. The van der Waals surface area contributed by atoms with Gasteiger partial charge in [0.1, 0.15) is 5.76 Å². The quantitative estimate of drug-likeness (QED) is 0.475. The molecule has 166 valence electrons. The predicted octanol–water partition coefficient (Wildman–Crippen LogP) is 4.05. The van der Waals surface area contributed by atoms with Crippen LogP contribution in [0.1, 0.15) is 43.7 Å². The molecule has 1 saturated heterocycles. The normalized spacial score (nSPS) is 15.1. The van der Waals surface area contributed by atoms with Gasteiger partial charge < -0.3 is 20.4 Å². The average Bonchev–Trinajstić information content (AvgIpc) is 3.48. The van der Waals surface area contributed by atoms with Gasteiger partial charge in [-0.1, -0.05) is 38.1 Å². The fourth-order valence-corrected chi connectivity index (χ4v) is 4.17. The van der Waals surface area contributed by atoms with Crippen LogP contribution in [0.15, 0.2) is 53.3 Å². The van der Waals surface area contributed by atoms with E-state index in [1.807, 2.05) is 35.0 Å². The Kier molecular flexibility index (Phi) is 5.53. The molecule has 3 N–H and O–H groups in total. The molecular weight excluding hydrogens is 402 g/mol. The number of nitrogens with one attached hydrogen (secondary N) is 1. The van der Waals surface area contributed by atoms with Gasteiger partial charge in [0.25, 0.3) is 0 Å². The molecule has 4 aromatic rings. The molecule has 0 amide bonds. The third-order valence-corrected chi connectivity index (χ3v) is 6.07. The highest BCUT2D eigenvalue weighted by molar-refractivity contribution is 5.63. The maximum atomic E-state index is 6.11. The van der Waals surface area contributed by atoms with Crippen molar-refractivity contribution in [3.63, 3.8) is 0 Å². The molecule has 8 nitrogen and oxygen atoms in total. The zero-order chi connectivity index (χ0) is 22.1. The summed E-state index contributed by atoms with van der Waals surface area (Å²) in [7, 11) is 0. The second-order valence-corrected chi connectivity index (χ2v) is 8.65. The van der Waals surface area contributed by atoms with Crippen molar-refractivity contribution in [2.24, 2.45) is 5.73 Å². The van der Waals surface area contributed by atoms with Gasteiger partial charge in [0.2, 0.25) is 11.9 Å². The van der Waals surface area contributed by atoms with E-state index in [4.69, 9.17) is 20.1 Å². The Morgan fingerprint density at radius 3 is 2.69 bits per heavy atom. The minimum absolute atomic E-state index is 0.256. The van der Waals surface area contributed by atoms with Gasteiger partial charge in [0.15, 0.2) is 5.65 Å². The van der Waals surface area contributed by atoms with E-state index < -0.39 is 0 Å². The molecule has 0 bridgehead atoms. The average molecular weight is 432 g/mol. The molecule has 5 rings (SSSR count). The lowest BCUT2D eigenvalue weighted by molar-refractivity contribution is 0.495. The van der Waals surface area contributed by atoms with E-state index >= 15 is 0 Å². The lowest BCUT2D eigenvalue weighted by atomic mass is 10.1. The first-order valence-electron chi connectivity index (χ1n) is 11.2. The van der Waals surface area contributed by atoms with Crippen LogP contribution in [-0.2, 0) is 6.54 Å². The highest BCUT2D eigenvalue weighted by atomic mass is 16.3. The van der Waals surface area contributed by atoms with Gasteiger partial charge in [-0.25, -0.2) is 0 Å². The van der Waals surface area contributed by atoms with Crippen molar-refractivity contribution in [3.05, 3.63) is 60.0 Å². The molecule has 0 spiro atoms. The zero-order valence-electron chi connectivity index (χ0n) is 18.5. The first-order valence-corrected chi connectivity index (χ1v) is 11.2. The Hall–Kier alpha value is -3.39. The van der Waals surface area contributed by atoms with Crippen LogP contribution < -0.4 is 16.0 Å². The summed E-state index contributed by atoms with van der Waals surface area (Å²) in [5.41, 5.74) is 10.2. The number of hydrogen-bond donors (Lipinski definition) is 2. The van der Waals surface area contributed by atoms with Gasteiger partial charge in [-0.15, -0.1) is 0 Å². The molecule has 1 aromatic carbocycles. The fraction of sp³-hybridized carbons (Fsp3) is 0.375. The molecule has 1 aliphatic rings. The van der Waals surface area contributed by atoms with Crippen molar-refractivity contribution in [3.8, 4) is 11.3 Å². The molecule has 0 unspecified atom stereocenters. The summed E-state index contributed by atoms with van der Waals surface area (Å²) >= 11 is 0. The van der Waals surface area contributed by atoms with E-state index in [2.05, 4.69) is 41.3 Å². The number of furan rings is 1. The third kappa shape index (κ3) is 3.93. The van der Waals surface area contributed by atoms with Crippen LogP contribution in [0.4, 0.5) is 11.9 Å². The van der Waals surface area contributed by atoms with Crippen LogP contribution in [0.3, 0.4) is 0 Å². The number of rotatable bonds is 6. The molecule has 0 atom stereocenters. The Balaban J connectivity index is 1.50. The van der Waals surface area contributed by atoms with Crippen LogP contribution in [-0.4, -0.2) is 38.7 Å². The zero-order valence-corrected chi connectivity index (χ0v) is 18.5. The van der Waals surface area contributed by atoms with Crippen molar-refractivity contribution in [2.45, 2.75) is 45.2 Å². The van der Waals surface area contributed by atoms with Gasteiger partial charge in [0, 0.05) is 36.8 Å². The standard InChI is InChI=1S/C24H29N7O/c1-16(2)20-15-27-31-22(20)28-24(30-11-9-18(25)10-12-30)29-23(31)26-14-17-6-3-4-7-19(17)21-8-5-13-32-21/h3-8,13,15-16,18H,9-12,14,25H2,1-2H3,(H,26,28,29). The summed E-state index contributed by atoms with van der Waals surface area (Å²) in [5.74, 6) is 2.58. The Labute approximate surface area is 187 Å². The van der Waals surface area contributed by atoms with Crippen LogP contribution in [0.2, 0.25) is 0 Å².